The molecule has 2 N–H and O–H groups in total. The zero-order valence-corrected chi connectivity index (χ0v) is 13.8. The van der Waals surface area contributed by atoms with Crippen molar-refractivity contribution >= 4 is 18.3 Å². The molecule has 3 aliphatic carbocycles. The van der Waals surface area contributed by atoms with Crippen LogP contribution in [0, 0.1) is 11.3 Å². The van der Waals surface area contributed by atoms with E-state index in [1.54, 1.807) is 0 Å². The van der Waals surface area contributed by atoms with Crippen LogP contribution in [0.3, 0.4) is 0 Å². The van der Waals surface area contributed by atoms with Crippen LogP contribution in [0.4, 0.5) is 0 Å². The monoisotopic (exact) mass is 316 g/mol. The molecule has 0 aromatic carbocycles. The predicted octanol–water partition coefficient (Wildman–Crippen LogP) is 2.26. The maximum Gasteiger partial charge on any atom is 0.234 e. The number of rotatable bonds is 7. The van der Waals surface area contributed by atoms with Crippen molar-refractivity contribution in [2.24, 2.45) is 11.3 Å². The van der Waals surface area contributed by atoms with Crippen LogP contribution < -0.4 is 10.6 Å². The standard InChI is InChI=1S/C16H28N2O2.ClH/c1-2-20-14-9-13(16(14)7-3-4-8-16)18-15(19)11-17-10-12-5-6-12;/h12-14,17H,2-11H2,1H3,(H,18,19);1H. The highest BCUT2D eigenvalue weighted by atomic mass is 35.5. The van der Waals surface area contributed by atoms with Crippen LogP contribution >= 0.6 is 12.4 Å². The summed E-state index contributed by atoms with van der Waals surface area (Å²) in [5.41, 5.74) is 0.252. The van der Waals surface area contributed by atoms with Gasteiger partial charge in [0.2, 0.25) is 5.91 Å². The fraction of sp³-hybridized carbons (Fsp3) is 0.938. The van der Waals surface area contributed by atoms with E-state index in [0.717, 1.165) is 25.5 Å². The van der Waals surface area contributed by atoms with Crippen molar-refractivity contribution in [2.75, 3.05) is 19.7 Å². The van der Waals surface area contributed by atoms with Gasteiger partial charge < -0.3 is 15.4 Å². The SMILES string of the molecule is CCOC1CC(NC(=O)CNCC2CC2)C12CCCC2.Cl. The molecular formula is C16H29ClN2O2. The Bertz CT molecular complexity index is 354. The maximum atomic E-state index is 12.0. The summed E-state index contributed by atoms with van der Waals surface area (Å²) in [5.74, 6) is 0.992. The smallest absolute Gasteiger partial charge is 0.234 e. The Morgan fingerprint density at radius 1 is 1.29 bits per heavy atom. The summed E-state index contributed by atoms with van der Waals surface area (Å²) >= 11 is 0. The molecule has 3 fully saturated rings. The molecule has 21 heavy (non-hydrogen) atoms. The van der Waals surface area contributed by atoms with Crippen LogP contribution in [0.25, 0.3) is 0 Å². The highest BCUT2D eigenvalue weighted by molar-refractivity contribution is 5.85. The van der Waals surface area contributed by atoms with E-state index in [9.17, 15) is 4.79 Å². The first-order valence-corrected chi connectivity index (χ1v) is 8.36. The quantitative estimate of drug-likeness (QED) is 0.757. The van der Waals surface area contributed by atoms with Gasteiger partial charge in [-0.05, 0) is 51.5 Å². The zero-order chi connectivity index (χ0) is 14.0. The average Bonchev–Trinajstić information content (AvgIpc) is 3.09. The Morgan fingerprint density at radius 2 is 2.00 bits per heavy atom. The molecular weight excluding hydrogens is 288 g/mol. The molecule has 0 heterocycles. The summed E-state index contributed by atoms with van der Waals surface area (Å²) < 4.78 is 5.88. The summed E-state index contributed by atoms with van der Waals surface area (Å²) in [6, 6.07) is 0.344. The van der Waals surface area contributed by atoms with Gasteiger partial charge in [0, 0.05) is 18.1 Å². The molecule has 0 bridgehead atoms. The van der Waals surface area contributed by atoms with Gasteiger partial charge in [-0.2, -0.15) is 0 Å². The van der Waals surface area contributed by atoms with E-state index in [4.69, 9.17) is 4.74 Å². The van der Waals surface area contributed by atoms with Gasteiger partial charge in [0.25, 0.3) is 0 Å². The fourth-order valence-corrected chi connectivity index (χ4v) is 4.05. The van der Waals surface area contributed by atoms with Gasteiger partial charge in [-0.3, -0.25) is 4.79 Å². The summed E-state index contributed by atoms with van der Waals surface area (Å²) in [4.78, 5) is 12.0. The second-order valence-corrected chi connectivity index (χ2v) is 6.81. The molecule has 0 saturated heterocycles. The molecule has 3 aliphatic rings. The van der Waals surface area contributed by atoms with Crippen molar-refractivity contribution in [3.63, 3.8) is 0 Å². The zero-order valence-electron chi connectivity index (χ0n) is 13.0. The molecule has 0 radical (unpaired) electrons. The number of halogens is 1. The summed E-state index contributed by atoms with van der Waals surface area (Å²) in [6.45, 7) is 4.33. The van der Waals surface area contributed by atoms with Crippen LogP contribution in [-0.2, 0) is 9.53 Å². The van der Waals surface area contributed by atoms with Gasteiger partial charge in [-0.25, -0.2) is 0 Å². The van der Waals surface area contributed by atoms with Gasteiger partial charge in [0.15, 0.2) is 0 Å². The van der Waals surface area contributed by atoms with E-state index in [1.165, 1.54) is 38.5 Å². The average molecular weight is 317 g/mol. The van der Waals surface area contributed by atoms with Crippen molar-refractivity contribution in [3.8, 4) is 0 Å². The molecule has 4 nitrogen and oxygen atoms in total. The van der Waals surface area contributed by atoms with E-state index in [1.807, 2.05) is 0 Å². The Kier molecular flexibility index (Phi) is 5.92. The first kappa shape index (κ1) is 17.0. The van der Waals surface area contributed by atoms with E-state index in [-0.39, 0.29) is 23.7 Å². The first-order valence-electron chi connectivity index (χ1n) is 8.36. The van der Waals surface area contributed by atoms with E-state index < -0.39 is 0 Å². The molecule has 0 aromatic heterocycles. The van der Waals surface area contributed by atoms with E-state index in [0.29, 0.717) is 18.7 Å². The Hall–Kier alpha value is -0.320. The van der Waals surface area contributed by atoms with Crippen molar-refractivity contribution in [2.45, 2.75) is 64.0 Å². The lowest BCUT2D eigenvalue weighted by molar-refractivity contribution is -0.143. The van der Waals surface area contributed by atoms with Crippen molar-refractivity contribution in [1.82, 2.24) is 10.6 Å². The minimum atomic E-state index is 0. The molecule has 3 saturated carbocycles. The second-order valence-electron chi connectivity index (χ2n) is 6.81. The van der Waals surface area contributed by atoms with Gasteiger partial charge in [-0.15, -0.1) is 12.4 Å². The fourth-order valence-electron chi connectivity index (χ4n) is 4.05. The van der Waals surface area contributed by atoms with Crippen LogP contribution in [0.5, 0.6) is 0 Å². The predicted molar refractivity (Wildman–Crippen MR) is 85.7 cm³/mol. The second kappa shape index (κ2) is 7.30. The number of hydrogen-bond acceptors (Lipinski definition) is 3. The van der Waals surface area contributed by atoms with Crippen molar-refractivity contribution in [3.05, 3.63) is 0 Å². The Labute approximate surface area is 134 Å². The lowest BCUT2D eigenvalue weighted by Crippen LogP contribution is -2.64. The highest BCUT2D eigenvalue weighted by Gasteiger charge is 2.57. The largest absolute Gasteiger partial charge is 0.378 e. The number of ether oxygens (including phenoxy) is 1. The Balaban J connectivity index is 0.00000161. The minimum absolute atomic E-state index is 0. The molecule has 0 aromatic rings. The lowest BCUT2D eigenvalue weighted by Gasteiger charge is -2.54. The molecule has 1 amide bonds. The molecule has 5 heteroatoms. The number of carbonyl (C=O) groups is 1. The summed E-state index contributed by atoms with van der Waals surface area (Å²) in [5, 5.41) is 6.52. The van der Waals surface area contributed by atoms with E-state index in [2.05, 4.69) is 17.6 Å². The third-order valence-electron chi connectivity index (χ3n) is 5.44. The molecule has 2 atom stereocenters. The molecule has 2 unspecified atom stereocenters. The third-order valence-corrected chi connectivity index (χ3v) is 5.44. The van der Waals surface area contributed by atoms with Crippen LogP contribution in [0.15, 0.2) is 0 Å². The number of hydrogen-bond donors (Lipinski definition) is 2. The summed E-state index contributed by atoms with van der Waals surface area (Å²) in [7, 11) is 0. The van der Waals surface area contributed by atoms with E-state index >= 15 is 0 Å². The number of amides is 1. The van der Waals surface area contributed by atoms with Gasteiger partial charge in [0.1, 0.15) is 0 Å². The van der Waals surface area contributed by atoms with Crippen LogP contribution in [0.2, 0.25) is 0 Å². The first-order chi connectivity index (χ1) is 9.74. The third kappa shape index (κ3) is 3.72. The molecule has 0 aliphatic heterocycles. The molecule has 3 rings (SSSR count). The number of carbonyl (C=O) groups excluding carboxylic acids is 1. The minimum Gasteiger partial charge on any atom is -0.378 e. The Morgan fingerprint density at radius 3 is 2.62 bits per heavy atom. The maximum absolute atomic E-state index is 12.0. The van der Waals surface area contributed by atoms with Gasteiger partial charge in [0.05, 0.1) is 12.6 Å². The van der Waals surface area contributed by atoms with Gasteiger partial charge >= 0.3 is 0 Å². The highest BCUT2D eigenvalue weighted by Crippen LogP contribution is 2.54. The van der Waals surface area contributed by atoms with Gasteiger partial charge in [-0.1, -0.05) is 12.8 Å². The number of nitrogens with one attached hydrogen (secondary N) is 2. The molecule has 122 valence electrons. The lowest BCUT2D eigenvalue weighted by atomic mass is 9.60. The topological polar surface area (TPSA) is 50.4 Å². The van der Waals surface area contributed by atoms with Crippen LogP contribution in [0.1, 0.15) is 51.9 Å². The van der Waals surface area contributed by atoms with Crippen molar-refractivity contribution < 1.29 is 9.53 Å². The molecule has 1 spiro atoms. The summed E-state index contributed by atoms with van der Waals surface area (Å²) in [6.07, 6.45) is 9.05. The van der Waals surface area contributed by atoms with Crippen LogP contribution in [-0.4, -0.2) is 37.7 Å². The normalized spacial score (nSPS) is 29.8. The van der Waals surface area contributed by atoms with Crippen molar-refractivity contribution in [1.29, 1.82) is 0 Å².